The number of aromatic nitrogens is 1. The lowest BCUT2D eigenvalue weighted by molar-refractivity contribution is 0.414. The maximum Gasteiger partial charge on any atom is 0.129 e. The molecule has 1 aliphatic rings. The van der Waals surface area contributed by atoms with E-state index in [1.54, 1.807) is 13.3 Å². The maximum atomic E-state index is 5.14. The zero-order chi connectivity index (χ0) is 10.7. The molecule has 4 heteroatoms. The van der Waals surface area contributed by atoms with Crippen LogP contribution in [0.2, 0.25) is 0 Å². The van der Waals surface area contributed by atoms with Crippen molar-refractivity contribution in [3.63, 3.8) is 0 Å². The first-order chi connectivity index (χ1) is 7.28. The molecule has 1 saturated heterocycles. The van der Waals surface area contributed by atoms with Crippen LogP contribution in [0.5, 0.6) is 5.75 Å². The lowest BCUT2D eigenvalue weighted by atomic mass is 10.2. The maximum absolute atomic E-state index is 5.14. The summed E-state index contributed by atoms with van der Waals surface area (Å²) in [5.74, 6) is 1.72. The third-order valence-electron chi connectivity index (χ3n) is 2.67. The van der Waals surface area contributed by atoms with Gasteiger partial charge in [-0.2, -0.15) is 0 Å². The van der Waals surface area contributed by atoms with Gasteiger partial charge in [0, 0.05) is 30.9 Å². The summed E-state index contributed by atoms with van der Waals surface area (Å²) < 4.78 is 5.14. The molecule has 0 aromatic carbocycles. The molecule has 0 aliphatic carbocycles. The van der Waals surface area contributed by atoms with Gasteiger partial charge in [-0.1, -0.05) is 0 Å². The number of rotatable bonds is 3. The third kappa shape index (κ3) is 2.59. The number of methoxy groups -OCH3 is 1. The summed E-state index contributed by atoms with van der Waals surface area (Å²) in [4.78, 5) is 4.26. The Morgan fingerprint density at radius 3 is 3.13 bits per heavy atom. The molecule has 1 aliphatic heterocycles. The molecule has 0 saturated carbocycles. The SMILES string of the molecule is COc1ccnc(N[C@H]2CN[C@H](C)C2)c1. The fraction of sp³-hybridized carbons (Fsp3) is 0.545. The number of hydrogen-bond acceptors (Lipinski definition) is 4. The van der Waals surface area contributed by atoms with Crippen LogP contribution in [0, 0.1) is 0 Å². The summed E-state index contributed by atoms with van der Waals surface area (Å²) in [5, 5.41) is 6.79. The van der Waals surface area contributed by atoms with Crippen molar-refractivity contribution in [3.05, 3.63) is 18.3 Å². The second-order valence-electron chi connectivity index (χ2n) is 3.97. The van der Waals surface area contributed by atoms with Crippen molar-refractivity contribution in [3.8, 4) is 5.75 Å². The first-order valence-electron chi connectivity index (χ1n) is 5.28. The van der Waals surface area contributed by atoms with E-state index in [2.05, 4.69) is 22.5 Å². The molecule has 0 amide bonds. The molecule has 2 heterocycles. The van der Waals surface area contributed by atoms with Gasteiger partial charge in [-0.05, 0) is 19.4 Å². The van der Waals surface area contributed by atoms with Crippen molar-refractivity contribution in [1.29, 1.82) is 0 Å². The topological polar surface area (TPSA) is 46.2 Å². The summed E-state index contributed by atoms with van der Waals surface area (Å²) in [7, 11) is 1.66. The van der Waals surface area contributed by atoms with Gasteiger partial charge in [-0.25, -0.2) is 4.98 Å². The largest absolute Gasteiger partial charge is 0.497 e. The molecule has 2 N–H and O–H groups in total. The molecule has 0 radical (unpaired) electrons. The van der Waals surface area contributed by atoms with Crippen molar-refractivity contribution >= 4 is 5.82 Å². The molecule has 1 aromatic heterocycles. The smallest absolute Gasteiger partial charge is 0.129 e. The first-order valence-corrected chi connectivity index (χ1v) is 5.28. The van der Waals surface area contributed by atoms with E-state index in [1.807, 2.05) is 12.1 Å². The predicted molar refractivity (Wildman–Crippen MR) is 60.3 cm³/mol. The average Bonchev–Trinajstić information content (AvgIpc) is 2.64. The van der Waals surface area contributed by atoms with Gasteiger partial charge in [0.15, 0.2) is 0 Å². The lowest BCUT2D eigenvalue weighted by Gasteiger charge is -2.12. The number of nitrogens with zero attached hydrogens (tertiary/aromatic N) is 1. The quantitative estimate of drug-likeness (QED) is 0.783. The number of nitrogens with one attached hydrogen (secondary N) is 2. The summed E-state index contributed by atoms with van der Waals surface area (Å²) >= 11 is 0. The highest BCUT2D eigenvalue weighted by molar-refractivity contribution is 5.41. The fourth-order valence-electron chi connectivity index (χ4n) is 1.87. The zero-order valence-corrected chi connectivity index (χ0v) is 9.16. The van der Waals surface area contributed by atoms with Crippen LogP contribution in [0.15, 0.2) is 18.3 Å². The van der Waals surface area contributed by atoms with Gasteiger partial charge in [0.05, 0.1) is 7.11 Å². The van der Waals surface area contributed by atoms with Gasteiger partial charge in [0.2, 0.25) is 0 Å². The second kappa shape index (κ2) is 4.49. The first kappa shape index (κ1) is 10.2. The van der Waals surface area contributed by atoms with E-state index < -0.39 is 0 Å². The van der Waals surface area contributed by atoms with Crippen molar-refractivity contribution in [2.45, 2.75) is 25.4 Å². The van der Waals surface area contributed by atoms with Crippen molar-refractivity contribution < 1.29 is 4.74 Å². The van der Waals surface area contributed by atoms with Crippen molar-refractivity contribution in [2.24, 2.45) is 0 Å². The second-order valence-corrected chi connectivity index (χ2v) is 3.97. The minimum Gasteiger partial charge on any atom is -0.497 e. The van der Waals surface area contributed by atoms with Crippen LogP contribution in [0.25, 0.3) is 0 Å². The standard InChI is InChI=1S/C11H17N3O/c1-8-5-9(7-13-8)14-11-6-10(15-2)3-4-12-11/h3-4,6,8-9,13H,5,7H2,1-2H3,(H,12,14)/t8-,9-/m1/s1. The highest BCUT2D eigenvalue weighted by Crippen LogP contribution is 2.17. The van der Waals surface area contributed by atoms with Crippen LogP contribution in [0.4, 0.5) is 5.82 Å². The van der Waals surface area contributed by atoms with Gasteiger partial charge >= 0.3 is 0 Å². The highest BCUT2D eigenvalue weighted by atomic mass is 16.5. The molecule has 82 valence electrons. The molecule has 1 fully saturated rings. The van der Waals surface area contributed by atoms with E-state index in [9.17, 15) is 0 Å². The van der Waals surface area contributed by atoms with Gasteiger partial charge < -0.3 is 15.4 Å². The summed E-state index contributed by atoms with van der Waals surface area (Å²) in [6.07, 6.45) is 2.89. The Morgan fingerprint density at radius 1 is 1.60 bits per heavy atom. The van der Waals surface area contributed by atoms with Gasteiger partial charge in [0.25, 0.3) is 0 Å². The molecular formula is C11H17N3O. The normalized spacial score (nSPS) is 25.2. The van der Waals surface area contributed by atoms with Gasteiger partial charge in [-0.15, -0.1) is 0 Å². The number of anilines is 1. The van der Waals surface area contributed by atoms with E-state index in [-0.39, 0.29) is 0 Å². The van der Waals surface area contributed by atoms with E-state index in [0.29, 0.717) is 12.1 Å². The molecule has 0 bridgehead atoms. The molecule has 4 nitrogen and oxygen atoms in total. The summed E-state index contributed by atoms with van der Waals surface area (Å²) in [6.45, 7) is 3.20. The van der Waals surface area contributed by atoms with Crippen LogP contribution in [0.1, 0.15) is 13.3 Å². The molecule has 2 rings (SSSR count). The summed E-state index contributed by atoms with van der Waals surface area (Å²) in [6, 6.07) is 4.83. The van der Waals surface area contributed by atoms with Crippen molar-refractivity contribution in [1.82, 2.24) is 10.3 Å². The fourth-order valence-corrected chi connectivity index (χ4v) is 1.87. The Bertz CT molecular complexity index is 329. The van der Waals surface area contributed by atoms with Crippen LogP contribution < -0.4 is 15.4 Å². The molecule has 15 heavy (non-hydrogen) atoms. The van der Waals surface area contributed by atoms with Crippen molar-refractivity contribution in [2.75, 3.05) is 19.0 Å². The Hall–Kier alpha value is -1.29. The minimum absolute atomic E-state index is 0.472. The van der Waals surface area contributed by atoms with Crippen LogP contribution in [-0.2, 0) is 0 Å². The molecular weight excluding hydrogens is 190 g/mol. The average molecular weight is 207 g/mol. The van der Waals surface area contributed by atoms with E-state index >= 15 is 0 Å². The van der Waals surface area contributed by atoms with E-state index in [0.717, 1.165) is 24.5 Å². The third-order valence-corrected chi connectivity index (χ3v) is 2.67. The van der Waals surface area contributed by atoms with Gasteiger partial charge in [-0.3, -0.25) is 0 Å². The molecule has 0 spiro atoms. The number of pyridine rings is 1. The Balaban J connectivity index is 1.98. The van der Waals surface area contributed by atoms with E-state index in [4.69, 9.17) is 4.74 Å². The molecule has 0 unspecified atom stereocenters. The zero-order valence-electron chi connectivity index (χ0n) is 9.16. The monoisotopic (exact) mass is 207 g/mol. The Labute approximate surface area is 90.0 Å². The van der Waals surface area contributed by atoms with E-state index in [1.165, 1.54) is 0 Å². The molecule has 2 atom stereocenters. The summed E-state index contributed by atoms with van der Waals surface area (Å²) in [5.41, 5.74) is 0. The predicted octanol–water partition coefficient (Wildman–Crippen LogP) is 1.25. The minimum atomic E-state index is 0.472. The van der Waals surface area contributed by atoms with Crippen LogP contribution in [-0.4, -0.2) is 30.7 Å². The van der Waals surface area contributed by atoms with Crippen LogP contribution in [0.3, 0.4) is 0 Å². The van der Waals surface area contributed by atoms with Crippen LogP contribution >= 0.6 is 0 Å². The van der Waals surface area contributed by atoms with Gasteiger partial charge in [0.1, 0.15) is 11.6 Å². The highest BCUT2D eigenvalue weighted by Gasteiger charge is 2.20. The molecule has 1 aromatic rings. The lowest BCUT2D eigenvalue weighted by Crippen LogP contribution is -2.22. The number of ether oxygens (including phenoxy) is 1. The Morgan fingerprint density at radius 2 is 2.47 bits per heavy atom. The Kier molecular flexibility index (Phi) is 3.06. The number of hydrogen-bond donors (Lipinski definition) is 2.